The highest BCUT2D eigenvalue weighted by atomic mass is 32.1. The zero-order valence-electron chi connectivity index (χ0n) is 11.0. The molecular weight excluding hydrogens is 275 g/mol. The number of anilines is 2. The Kier molecular flexibility index (Phi) is 4.53. The first kappa shape index (κ1) is 14.3. The van der Waals surface area contributed by atoms with E-state index >= 15 is 0 Å². The average Bonchev–Trinajstić information content (AvgIpc) is 2.42. The molecule has 0 aromatic heterocycles. The summed E-state index contributed by atoms with van der Waals surface area (Å²) in [6.45, 7) is 2.49. The van der Waals surface area contributed by atoms with E-state index in [2.05, 4.69) is 5.32 Å². The molecule has 0 fully saturated rings. The Hall–Kier alpha value is -2.14. The Morgan fingerprint density at radius 2 is 2.10 bits per heavy atom. The number of nitrogens with one attached hydrogen (secondary N) is 1. The van der Waals surface area contributed by atoms with Gasteiger partial charge < -0.3 is 15.8 Å². The molecule has 3 N–H and O–H groups in total. The summed E-state index contributed by atoms with van der Waals surface area (Å²) in [7, 11) is 0. The SMILES string of the molecule is CCOc1cccc(Nc2ccc(C(N)=S)cc2F)c1. The maximum Gasteiger partial charge on any atom is 0.147 e. The molecule has 0 aliphatic rings. The number of nitrogens with two attached hydrogens (primary N) is 1. The van der Waals surface area contributed by atoms with Crippen LogP contribution in [0.4, 0.5) is 15.8 Å². The minimum absolute atomic E-state index is 0.175. The van der Waals surface area contributed by atoms with Crippen molar-refractivity contribution in [2.24, 2.45) is 5.73 Å². The van der Waals surface area contributed by atoms with Crippen molar-refractivity contribution >= 4 is 28.6 Å². The Labute approximate surface area is 122 Å². The number of hydrogen-bond acceptors (Lipinski definition) is 3. The molecule has 104 valence electrons. The quantitative estimate of drug-likeness (QED) is 0.826. The molecule has 0 aliphatic carbocycles. The predicted octanol–water partition coefficient (Wildman–Crippen LogP) is 3.60. The summed E-state index contributed by atoms with van der Waals surface area (Å²) in [6.07, 6.45) is 0. The van der Waals surface area contributed by atoms with Gasteiger partial charge in [-0.05, 0) is 37.3 Å². The maximum atomic E-state index is 13.9. The van der Waals surface area contributed by atoms with Crippen LogP contribution >= 0.6 is 12.2 Å². The predicted molar refractivity (Wildman–Crippen MR) is 83.2 cm³/mol. The van der Waals surface area contributed by atoms with Crippen molar-refractivity contribution in [3.8, 4) is 5.75 Å². The first-order valence-electron chi connectivity index (χ1n) is 6.19. The van der Waals surface area contributed by atoms with Gasteiger partial charge in [0, 0.05) is 17.3 Å². The molecule has 0 aliphatic heterocycles. The van der Waals surface area contributed by atoms with Crippen LogP contribution in [-0.4, -0.2) is 11.6 Å². The third-order valence-electron chi connectivity index (χ3n) is 2.68. The number of rotatable bonds is 5. The smallest absolute Gasteiger partial charge is 0.147 e. The minimum Gasteiger partial charge on any atom is -0.494 e. The number of ether oxygens (including phenoxy) is 1. The lowest BCUT2D eigenvalue weighted by Crippen LogP contribution is -2.09. The summed E-state index contributed by atoms with van der Waals surface area (Å²) in [5.74, 6) is 0.328. The van der Waals surface area contributed by atoms with E-state index in [1.807, 2.05) is 31.2 Å². The molecule has 0 spiro atoms. The molecule has 0 bridgehead atoms. The second-order valence-corrected chi connectivity index (χ2v) is 4.58. The highest BCUT2D eigenvalue weighted by Crippen LogP contribution is 2.24. The number of benzene rings is 2. The monoisotopic (exact) mass is 290 g/mol. The summed E-state index contributed by atoms with van der Waals surface area (Å²) >= 11 is 4.81. The molecule has 2 rings (SSSR count). The van der Waals surface area contributed by atoms with Crippen molar-refractivity contribution in [1.82, 2.24) is 0 Å². The summed E-state index contributed by atoms with van der Waals surface area (Å²) in [6, 6.07) is 11.9. The maximum absolute atomic E-state index is 13.9. The van der Waals surface area contributed by atoms with E-state index < -0.39 is 5.82 Å². The third kappa shape index (κ3) is 3.45. The molecule has 3 nitrogen and oxygen atoms in total. The van der Waals surface area contributed by atoms with E-state index in [1.54, 1.807) is 12.1 Å². The van der Waals surface area contributed by atoms with Gasteiger partial charge in [0.2, 0.25) is 0 Å². The molecule has 2 aromatic rings. The van der Waals surface area contributed by atoms with Gasteiger partial charge in [0.25, 0.3) is 0 Å². The molecule has 2 aromatic carbocycles. The molecule has 0 amide bonds. The van der Waals surface area contributed by atoms with Crippen molar-refractivity contribution in [2.45, 2.75) is 6.92 Å². The van der Waals surface area contributed by atoms with Crippen LogP contribution in [0.25, 0.3) is 0 Å². The Morgan fingerprint density at radius 3 is 2.75 bits per heavy atom. The van der Waals surface area contributed by atoms with E-state index in [1.165, 1.54) is 6.07 Å². The zero-order chi connectivity index (χ0) is 14.5. The Bertz CT molecular complexity index is 631. The van der Waals surface area contributed by atoms with Gasteiger partial charge in [-0.1, -0.05) is 18.3 Å². The van der Waals surface area contributed by atoms with E-state index in [9.17, 15) is 4.39 Å². The molecule has 0 radical (unpaired) electrons. The summed E-state index contributed by atoms with van der Waals surface area (Å²) in [5, 5.41) is 3.00. The largest absolute Gasteiger partial charge is 0.494 e. The first-order valence-corrected chi connectivity index (χ1v) is 6.60. The average molecular weight is 290 g/mol. The van der Waals surface area contributed by atoms with Gasteiger partial charge in [0.1, 0.15) is 16.6 Å². The van der Waals surface area contributed by atoms with Gasteiger partial charge >= 0.3 is 0 Å². The van der Waals surface area contributed by atoms with E-state index in [0.29, 0.717) is 17.9 Å². The normalized spacial score (nSPS) is 10.1. The highest BCUT2D eigenvalue weighted by molar-refractivity contribution is 7.80. The fraction of sp³-hybridized carbons (Fsp3) is 0.133. The summed E-state index contributed by atoms with van der Waals surface area (Å²) < 4.78 is 19.3. The lowest BCUT2D eigenvalue weighted by atomic mass is 10.2. The molecule has 5 heteroatoms. The topological polar surface area (TPSA) is 47.3 Å². The number of halogens is 1. The van der Waals surface area contributed by atoms with Crippen molar-refractivity contribution < 1.29 is 9.13 Å². The van der Waals surface area contributed by atoms with Crippen LogP contribution in [0.5, 0.6) is 5.75 Å². The summed E-state index contributed by atoms with van der Waals surface area (Å²) in [5.41, 5.74) is 7.08. The van der Waals surface area contributed by atoms with Crippen LogP contribution in [0.3, 0.4) is 0 Å². The second-order valence-electron chi connectivity index (χ2n) is 4.14. The Morgan fingerprint density at radius 1 is 1.30 bits per heavy atom. The van der Waals surface area contributed by atoms with Crippen molar-refractivity contribution in [2.75, 3.05) is 11.9 Å². The van der Waals surface area contributed by atoms with E-state index in [0.717, 1.165) is 11.4 Å². The van der Waals surface area contributed by atoms with Gasteiger partial charge in [-0.15, -0.1) is 0 Å². The first-order chi connectivity index (χ1) is 9.60. The zero-order valence-corrected chi connectivity index (χ0v) is 11.8. The fourth-order valence-electron chi connectivity index (χ4n) is 1.76. The van der Waals surface area contributed by atoms with E-state index in [4.69, 9.17) is 22.7 Å². The van der Waals surface area contributed by atoms with Crippen molar-refractivity contribution in [1.29, 1.82) is 0 Å². The van der Waals surface area contributed by atoms with Crippen LogP contribution < -0.4 is 15.8 Å². The van der Waals surface area contributed by atoms with E-state index in [-0.39, 0.29) is 4.99 Å². The van der Waals surface area contributed by atoms with Gasteiger partial charge in [-0.2, -0.15) is 0 Å². The molecular formula is C15H15FN2OS. The lowest BCUT2D eigenvalue weighted by molar-refractivity contribution is 0.340. The summed E-state index contributed by atoms with van der Waals surface area (Å²) in [4.78, 5) is 0.175. The van der Waals surface area contributed by atoms with Gasteiger partial charge in [-0.25, -0.2) is 4.39 Å². The molecule has 0 saturated heterocycles. The molecule has 0 atom stereocenters. The highest BCUT2D eigenvalue weighted by Gasteiger charge is 2.06. The van der Waals surface area contributed by atoms with Crippen LogP contribution in [-0.2, 0) is 0 Å². The van der Waals surface area contributed by atoms with Crippen molar-refractivity contribution in [3.05, 3.63) is 53.8 Å². The fourth-order valence-corrected chi connectivity index (χ4v) is 1.88. The molecule has 0 saturated carbocycles. The van der Waals surface area contributed by atoms with Gasteiger partial charge in [-0.3, -0.25) is 0 Å². The van der Waals surface area contributed by atoms with Crippen molar-refractivity contribution in [3.63, 3.8) is 0 Å². The minimum atomic E-state index is -0.405. The lowest BCUT2D eigenvalue weighted by Gasteiger charge is -2.10. The number of hydrogen-bond donors (Lipinski definition) is 2. The van der Waals surface area contributed by atoms with Gasteiger partial charge in [0.05, 0.1) is 12.3 Å². The standard InChI is InChI=1S/C15H15FN2OS/c1-2-19-12-5-3-4-11(9-12)18-14-7-6-10(15(17)20)8-13(14)16/h3-9,18H,2H2,1H3,(H2,17,20). The molecule has 20 heavy (non-hydrogen) atoms. The number of thiocarbonyl (C=S) groups is 1. The van der Waals surface area contributed by atoms with Crippen LogP contribution in [0.1, 0.15) is 12.5 Å². The van der Waals surface area contributed by atoms with Crippen LogP contribution in [0, 0.1) is 5.82 Å². The second kappa shape index (κ2) is 6.34. The van der Waals surface area contributed by atoms with Crippen LogP contribution in [0.2, 0.25) is 0 Å². The van der Waals surface area contributed by atoms with Gasteiger partial charge in [0.15, 0.2) is 0 Å². The van der Waals surface area contributed by atoms with Crippen LogP contribution in [0.15, 0.2) is 42.5 Å². The molecule has 0 unspecified atom stereocenters. The molecule has 0 heterocycles. The Balaban J connectivity index is 2.21. The third-order valence-corrected chi connectivity index (χ3v) is 2.91.